The van der Waals surface area contributed by atoms with Crippen molar-refractivity contribution in [1.29, 1.82) is 0 Å². The molecule has 0 saturated carbocycles. The molecule has 0 unspecified atom stereocenters. The van der Waals surface area contributed by atoms with Crippen molar-refractivity contribution in [2.45, 2.75) is 45.9 Å². The molecule has 3 rings (SSSR count). The second-order valence-electron chi connectivity index (χ2n) is 7.63. The van der Waals surface area contributed by atoms with Gasteiger partial charge < -0.3 is 14.8 Å². The molecule has 0 fully saturated rings. The van der Waals surface area contributed by atoms with Crippen LogP contribution in [0.2, 0.25) is 0 Å². The van der Waals surface area contributed by atoms with Crippen molar-refractivity contribution in [3.05, 3.63) is 101 Å². The summed E-state index contributed by atoms with van der Waals surface area (Å²) in [6.07, 6.45) is 1.82. The molecule has 31 heavy (non-hydrogen) atoms. The minimum Gasteiger partial charge on any atom is -0.494 e. The smallest absolute Gasteiger partial charge is 0.251 e. The van der Waals surface area contributed by atoms with E-state index < -0.39 is 0 Å². The van der Waals surface area contributed by atoms with Crippen LogP contribution in [0, 0.1) is 0 Å². The first-order chi connectivity index (χ1) is 15.2. The Morgan fingerprint density at radius 2 is 1.58 bits per heavy atom. The lowest BCUT2D eigenvalue weighted by Gasteiger charge is -2.16. The van der Waals surface area contributed by atoms with Gasteiger partial charge in [-0.3, -0.25) is 4.79 Å². The Morgan fingerprint density at radius 3 is 2.26 bits per heavy atom. The molecular weight excluding hydrogens is 386 g/mol. The van der Waals surface area contributed by atoms with Crippen molar-refractivity contribution < 1.29 is 14.3 Å². The monoisotopic (exact) mass is 417 g/mol. The lowest BCUT2D eigenvalue weighted by molar-refractivity contribution is 0.0936. The van der Waals surface area contributed by atoms with Crippen molar-refractivity contribution in [2.75, 3.05) is 6.61 Å². The zero-order chi connectivity index (χ0) is 21.9. The highest BCUT2D eigenvalue weighted by Crippen LogP contribution is 2.22. The van der Waals surface area contributed by atoms with Gasteiger partial charge in [0.15, 0.2) is 0 Å². The molecule has 4 nitrogen and oxygen atoms in total. The van der Waals surface area contributed by atoms with Gasteiger partial charge in [-0.05, 0) is 56.0 Å². The van der Waals surface area contributed by atoms with Gasteiger partial charge >= 0.3 is 0 Å². The average molecular weight is 418 g/mol. The Hall–Kier alpha value is -3.11. The third kappa shape index (κ3) is 7.26. The normalized spacial score (nSPS) is 11.7. The molecule has 0 saturated heterocycles. The zero-order valence-electron chi connectivity index (χ0n) is 18.3. The Labute approximate surface area is 185 Å². The number of carbonyl (C=O) groups is 1. The summed E-state index contributed by atoms with van der Waals surface area (Å²) in [6.45, 7) is 5.45. The van der Waals surface area contributed by atoms with E-state index in [1.54, 1.807) is 0 Å². The third-order valence-electron chi connectivity index (χ3n) is 5.08. The van der Waals surface area contributed by atoms with Crippen LogP contribution < -0.4 is 10.1 Å². The van der Waals surface area contributed by atoms with Crippen LogP contribution in [0.4, 0.5) is 0 Å². The molecule has 0 spiro atoms. The van der Waals surface area contributed by atoms with Crippen LogP contribution in [-0.2, 0) is 24.4 Å². The molecule has 0 aromatic heterocycles. The Bertz CT molecular complexity index is 941. The van der Waals surface area contributed by atoms with Gasteiger partial charge in [-0.2, -0.15) is 0 Å². The van der Waals surface area contributed by atoms with Gasteiger partial charge in [0.1, 0.15) is 5.75 Å². The molecule has 162 valence electrons. The molecule has 0 aliphatic heterocycles. The third-order valence-corrected chi connectivity index (χ3v) is 5.08. The highest BCUT2D eigenvalue weighted by molar-refractivity contribution is 5.94. The van der Waals surface area contributed by atoms with Gasteiger partial charge in [-0.1, -0.05) is 60.7 Å². The summed E-state index contributed by atoms with van der Waals surface area (Å²) in [6, 6.07) is 26.0. The van der Waals surface area contributed by atoms with E-state index in [9.17, 15) is 4.79 Å². The summed E-state index contributed by atoms with van der Waals surface area (Å²) in [4.78, 5) is 12.8. The molecule has 1 amide bonds. The SMILES string of the molecule is CCOc1ccc(C(=O)N[C@@H](C)CCc2ccccc2)cc1COCc1ccccc1. The van der Waals surface area contributed by atoms with E-state index in [4.69, 9.17) is 9.47 Å². The number of carbonyl (C=O) groups excluding carboxylic acids is 1. The number of aryl methyl sites for hydroxylation is 1. The second-order valence-corrected chi connectivity index (χ2v) is 7.63. The maximum Gasteiger partial charge on any atom is 0.251 e. The Morgan fingerprint density at radius 1 is 0.903 bits per heavy atom. The summed E-state index contributed by atoms with van der Waals surface area (Å²) >= 11 is 0. The van der Waals surface area contributed by atoms with E-state index in [1.165, 1.54) is 5.56 Å². The Balaban J connectivity index is 1.59. The molecule has 0 aliphatic rings. The fourth-order valence-electron chi connectivity index (χ4n) is 3.39. The second kappa shape index (κ2) is 11.9. The standard InChI is InChI=1S/C27H31NO3/c1-3-31-26-17-16-24(18-25(26)20-30-19-23-12-8-5-9-13-23)27(29)28-21(2)14-15-22-10-6-4-7-11-22/h4-13,16-18,21H,3,14-15,19-20H2,1-2H3,(H,28,29)/t21-/m0/s1. The Kier molecular flexibility index (Phi) is 8.68. The summed E-state index contributed by atoms with van der Waals surface area (Å²) in [5, 5.41) is 3.11. The molecule has 3 aromatic carbocycles. The maximum absolute atomic E-state index is 12.8. The van der Waals surface area contributed by atoms with Crippen LogP contribution in [0.25, 0.3) is 0 Å². The maximum atomic E-state index is 12.8. The quantitative estimate of drug-likeness (QED) is 0.445. The van der Waals surface area contributed by atoms with Crippen molar-refractivity contribution in [3.8, 4) is 5.75 Å². The van der Waals surface area contributed by atoms with Crippen LogP contribution in [0.5, 0.6) is 5.75 Å². The predicted molar refractivity (Wildman–Crippen MR) is 124 cm³/mol. The number of ether oxygens (including phenoxy) is 2. The fourth-order valence-corrected chi connectivity index (χ4v) is 3.39. The minimum atomic E-state index is -0.0760. The van der Waals surface area contributed by atoms with Crippen LogP contribution in [0.3, 0.4) is 0 Å². The fraction of sp³-hybridized carbons (Fsp3) is 0.296. The summed E-state index contributed by atoms with van der Waals surface area (Å²) in [5.41, 5.74) is 3.89. The molecule has 1 N–H and O–H groups in total. The average Bonchev–Trinajstić information content (AvgIpc) is 2.80. The molecule has 3 aromatic rings. The first kappa shape index (κ1) is 22.6. The van der Waals surface area contributed by atoms with Gasteiger partial charge in [0.25, 0.3) is 5.91 Å². The highest BCUT2D eigenvalue weighted by atomic mass is 16.5. The van der Waals surface area contributed by atoms with Crippen molar-refractivity contribution in [1.82, 2.24) is 5.32 Å². The largest absolute Gasteiger partial charge is 0.494 e. The van der Waals surface area contributed by atoms with E-state index in [0.29, 0.717) is 25.4 Å². The molecule has 0 heterocycles. The predicted octanol–water partition coefficient (Wildman–Crippen LogP) is 5.55. The van der Waals surface area contributed by atoms with E-state index in [1.807, 2.05) is 80.6 Å². The van der Waals surface area contributed by atoms with Gasteiger partial charge in [0.05, 0.1) is 19.8 Å². The van der Waals surface area contributed by atoms with Gasteiger partial charge in [-0.15, -0.1) is 0 Å². The first-order valence-electron chi connectivity index (χ1n) is 10.9. The minimum absolute atomic E-state index is 0.0760. The lowest BCUT2D eigenvalue weighted by atomic mass is 10.1. The number of rotatable bonds is 11. The van der Waals surface area contributed by atoms with Crippen molar-refractivity contribution in [3.63, 3.8) is 0 Å². The van der Waals surface area contributed by atoms with Crippen LogP contribution in [-0.4, -0.2) is 18.6 Å². The van der Waals surface area contributed by atoms with E-state index in [0.717, 1.165) is 29.7 Å². The van der Waals surface area contributed by atoms with Crippen LogP contribution >= 0.6 is 0 Å². The molecular formula is C27H31NO3. The zero-order valence-corrected chi connectivity index (χ0v) is 18.3. The highest BCUT2D eigenvalue weighted by Gasteiger charge is 2.13. The van der Waals surface area contributed by atoms with E-state index in [-0.39, 0.29) is 11.9 Å². The van der Waals surface area contributed by atoms with Crippen LogP contribution in [0.15, 0.2) is 78.9 Å². The van der Waals surface area contributed by atoms with Gasteiger partial charge in [0, 0.05) is 17.2 Å². The van der Waals surface area contributed by atoms with Crippen molar-refractivity contribution >= 4 is 5.91 Å². The van der Waals surface area contributed by atoms with E-state index >= 15 is 0 Å². The number of amides is 1. The molecule has 0 aliphatic carbocycles. The van der Waals surface area contributed by atoms with Crippen molar-refractivity contribution in [2.24, 2.45) is 0 Å². The topological polar surface area (TPSA) is 47.6 Å². The number of nitrogens with one attached hydrogen (secondary N) is 1. The molecule has 4 heteroatoms. The molecule has 1 atom stereocenters. The first-order valence-corrected chi connectivity index (χ1v) is 10.9. The molecule has 0 radical (unpaired) electrons. The lowest BCUT2D eigenvalue weighted by Crippen LogP contribution is -2.33. The number of hydrogen-bond donors (Lipinski definition) is 1. The molecule has 0 bridgehead atoms. The number of hydrogen-bond acceptors (Lipinski definition) is 3. The van der Waals surface area contributed by atoms with Gasteiger partial charge in [0.2, 0.25) is 0 Å². The van der Waals surface area contributed by atoms with E-state index in [2.05, 4.69) is 17.4 Å². The number of benzene rings is 3. The summed E-state index contributed by atoms with van der Waals surface area (Å²) in [7, 11) is 0. The summed E-state index contributed by atoms with van der Waals surface area (Å²) < 4.78 is 11.6. The van der Waals surface area contributed by atoms with Gasteiger partial charge in [-0.25, -0.2) is 0 Å². The van der Waals surface area contributed by atoms with Crippen LogP contribution in [0.1, 0.15) is 47.3 Å². The summed E-state index contributed by atoms with van der Waals surface area (Å²) in [5.74, 6) is 0.678.